The minimum Gasteiger partial charge on any atom is -0.316 e. The van der Waals surface area contributed by atoms with Crippen LogP contribution in [0.3, 0.4) is 0 Å². The van der Waals surface area contributed by atoms with Gasteiger partial charge >= 0.3 is 0 Å². The third-order valence-corrected chi connectivity index (χ3v) is 12.1. The summed E-state index contributed by atoms with van der Waals surface area (Å²) in [6, 6.07) is 28.8. The zero-order chi connectivity index (χ0) is 25.0. The van der Waals surface area contributed by atoms with Crippen molar-refractivity contribution in [3.05, 3.63) is 101 Å². The molecule has 1 saturated carbocycles. The summed E-state index contributed by atoms with van der Waals surface area (Å²) in [6.07, 6.45) is 3.36. The van der Waals surface area contributed by atoms with Crippen molar-refractivity contribution in [2.75, 3.05) is 0 Å². The van der Waals surface area contributed by atoms with E-state index in [1.54, 1.807) is 0 Å². The Morgan fingerprint density at radius 2 is 1.43 bits per heavy atom. The normalized spacial score (nSPS) is 24.0. The van der Waals surface area contributed by atoms with E-state index in [0.717, 1.165) is 23.7 Å². The Hall–Kier alpha value is -1.86. The topological polar surface area (TPSA) is 29.1 Å². The van der Waals surface area contributed by atoms with Gasteiger partial charge in [-0.1, -0.05) is 112 Å². The van der Waals surface area contributed by atoms with Crippen molar-refractivity contribution in [2.24, 2.45) is 17.8 Å². The molecule has 0 heterocycles. The summed E-state index contributed by atoms with van der Waals surface area (Å²) >= 11 is 6.29. The van der Waals surface area contributed by atoms with E-state index in [2.05, 4.69) is 81.5 Å². The summed E-state index contributed by atoms with van der Waals surface area (Å²) in [5.74, 6) is 1.20. The quantitative estimate of drug-likeness (QED) is 0.308. The van der Waals surface area contributed by atoms with E-state index < -0.39 is 7.14 Å². The predicted octanol–water partition coefficient (Wildman–Crippen LogP) is 8.84. The summed E-state index contributed by atoms with van der Waals surface area (Å²) < 4.78 is 15.9. The van der Waals surface area contributed by atoms with Gasteiger partial charge in [-0.15, -0.1) is 0 Å². The first-order valence-corrected chi connectivity index (χ1v) is 15.2. The van der Waals surface area contributed by atoms with Crippen LogP contribution in [0.1, 0.15) is 69.9 Å². The van der Waals surface area contributed by atoms with Gasteiger partial charge in [0.1, 0.15) is 7.14 Å². The molecule has 0 aliphatic heterocycles. The first kappa shape index (κ1) is 26.2. The van der Waals surface area contributed by atoms with Crippen molar-refractivity contribution in [3.63, 3.8) is 0 Å². The van der Waals surface area contributed by atoms with Crippen LogP contribution in [-0.2, 0) is 4.57 Å². The Morgan fingerprint density at radius 1 is 0.829 bits per heavy atom. The van der Waals surface area contributed by atoms with Gasteiger partial charge in [0, 0.05) is 22.0 Å². The summed E-state index contributed by atoms with van der Waals surface area (Å²) in [5, 5.41) is 5.56. The van der Waals surface area contributed by atoms with Crippen LogP contribution >= 0.6 is 18.7 Å². The molecule has 2 nitrogen and oxygen atoms in total. The van der Waals surface area contributed by atoms with Gasteiger partial charge in [-0.05, 0) is 60.8 Å². The predicted molar refractivity (Wildman–Crippen MR) is 151 cm³/mol. The molecule has 186 valence electrons. The molecule has 1 fully saturated rings. The molecule has 1 aliphatic rings. The average Bonchev–Trinajstić information content (AvgIpc) is 2.88. The van der Waals surface area contributed by atoms with Crippen molar-refractivity contribution < 1.29 is 4.57 Å². The highest BCUT2D eigenvalue weighted by molar-refractivity contribution is 7.72. The zero-order valence-electron chi connectivity index (χ0n) is 21.4. The van der Waals surface area contributed by atoms with E-state index >= 15 is 4.57 Å². The molecule has 0 aromatic heterocycles. The highest BCUT2D eigenvalue weighted by atomic mass is 35.5. The molecule has 4 rings (SSSR count). The van der Waals surface area contributed by atoms with Crippen molar-refractivity contribution in [1.82, 2.24) is 5.32 Å². The summed E-state index contributed by atoms with van der Waals surface area (Å²) in [4.78, 5) is 0. The van der Waals surface area contributed by atoms with Crippen LogP contribution in [0.2, 0.25) is 5.02 Å². The van der Waals surface area contributed by atoms with Gasteiger partial charge < -0.3 is 4.57 Å². The summed E-state index contributed by atoms with van der Waals surface area (Å²) in [7, 11) is -2.97. The van der Waals surface area contributed by atoms with Crippen LogP contribution < -0.4 is 10.6 Å². The molecular formula is C31H39ClNOP. The zero-order valence-corrected chi connectivity index (χ0v) is 23.1. The van der Waals surface area contributed by atoms with Gasteiger partial charge in [0.05, 0.1) is 5.78 Å². The number of benzene rings is 3. The van der Waals surface area contributed by atoms with Crippen molar-refractivity contribution >= 4 is 24.0 Å². The van der Waals surface area contributed by atoms with E-state index in [1.165, 1.54) is 12.0 Å². The molecule has 1 N–H and O–H groups in total. The Labute approximate surface area is 216 Å². The Bertz CT molecular complexity index is 1120. The molecule has 0 bridgehead atoms. The lowest BCUT2D eigenvalue weighted by Gasteiger charge is -2.45. The second-order valence-electron chi connectivity index (χ2n) is 10.7. The smallest absolute Gasteiger partial charge is 0.139 e. The minimum atomic E-state index is -2.97. The molecule has 1 unspecified atom stereocenters. The van der Waals surface area contributed by atoms with Gasteiger partial charge in [-0.2, -0.15) is 0 Å². The third kappa shape index (κ3) is 5.77. The van der Waals surface area contributed by atoms with E-state index in [9.17, 15) is 0 Å². The Balaban J connectivity index is 1.89. The molecular weight excluding hydrogens is 469 g/mol. The van der Waals surface area contributed by atoms with E-state index in [1.807, 2.05) is 36.4 Å². The lowest BCUT2D eigenvalue weighted by molar-refractivity contribution is 0.235. The first-order valence-electron chi connectivity index (χ1n) is 13.0. The molecule has 4 heteroatoms. The SMILES string of the molecule is CC(C)[C@@H]1CC[C@@H](C)CC1[P@@](=O)(c1ccccc1)[C@H](N[C@@H](C)c1ccccc1)c1ccc(Cl)cc1. The Kier molecular flexibility index (Phi) is 8.59. The van der Waals surface area contributed by atoms with Crippen LogP contribution in [0, 0.1) is 17.8 Å². The molecule has 0 radical (unpaired) electrons. The first-order chi connectivity index (χ1) is 16.8. The number of rotatable bonds is 8. The number of nitrogens with one attached hydrogen (secondary N) is 1. The lowest BCUT2D eigenvalue weighted by atomic mass is 9.77. The fraction of sp³-hybridized carbons (Fsp3) is 0.419. The van der Waals surface area contributed by atoms with Crippen LogP contribution in [-0.4, -0.2) is 5.66 Å². The highest BCUT2D eigenvalue weighted by Crippen LogP contribution is 2.66. The standard InChI is InChI=1S/C31H39ClNOP/c1-22(2)29-20-15-23(3)21-30(29)35(34,28-13-9-6-10-14-28)31(26-16-18-27(32)19-17-26)33-24(4)25-11-7-5-8-12-25/h5-14,16-19,22-24,29-31,33H,15,20-21H2,1-4H3/t23-,24+,29+,30?,31+,35+/m1/s1. The second kappa shape index (κ2) is 11.5. The van der Waals surface area contributed by atoms with Crippen LogP contribution in [0.15, 0.2) is 84.9 Å². The number of halogens is 1. The molecule has 0 spiro atoms. The fourth-order valence-electron chi connectivity index (χ4n) is 5.93. The largest absolute Gasteiger partial charge is 0.316 e. The fourth-order valence-corrected chi connectivity index (χ4v) is 10.6. The molecule has 0 saturated heterocycles. The monoisotopic (exact) mass is 507 g/mol. The maximum Gasteiger partial charge on any atom is 0.139 e. The minimum absolute atomic E-state index is 0.0485. The van der Waals surface area contributed by atoms with Crippen molar-refractivity contribution in [2.45, 2.75) is 64.4 Å². The van der Waals surface area contributed by atoms with E-state index in [0.29, 0.717) is 22.8 Å². The van der Waals surface area contributed by atoms with E-state index in [4.69, 9.17) is 11.6 Å². The van der Waals surface area contributed by atoms with E-state index in [-0.39, 0.29) is 17.5 Å². The van der Waals surface area contributed by atoms with Crippen molar-refractivity contribution in [1.29, 1.82) is 0 Å². The number of hydrogen-bond acceptors (Lipinski definition) is 2. The summed E-state index contributed by atoms with van der Waals surface area (Å²) in [6.45, 7) is 9.12. The van der Waals surface area contributed by atoms with Gasteiger partial charge in [0.2, 0.25) is 0 Å². The molecule has 1 aliphatic carbocycles. The van der Waals surface area contributed by atoms with Gasteiger partial charge in [0.15, 0.2) is 0 Å². The van der Waals surface area contributed by atoms with Crippen LogP contribution in [0.4, 0.5) is 0 Å². The molecule has 3 aromatic carbocycles. The average molecular weight is 508 g/mol. The molecule has 0 amide bonds. The van der Waals surface area contributed by atoms with Gasteiger partial charge in [0.25, 0.3) is 0 Å². The maximum absolute atomic E-state index is 15.9. The highest BCUT2D eigenvalue weighted by Gasteiger charge is 2.48. The molecule has 3 aromatic rings. The number of hydrogen-bond donors (Lipinski definition) is 1. The second-order valence-corrected chi connectivity index (χ2v) is 14.2. The lowest BCUT2D eigenvalue weighted by Crippen LogP contribution is -2.39. The van der Waals surface area contributed by atoms with Crippen LogP contribution in [0.25, 0.3) is 0 Å². The maximum atomic E-state index is 15.9. The van der Waals surface area contributed by atoms with Crippen molar-refractivity contribution in [3.8, 4) is 0 Å². The van der Waals surface area contributed by atoms with Gasteiger partial charge in [-0.3, -0.25) is 5.32 Å². The molecule has 6 atom stereocenters. The Morgan fingerprint density at radius 3 is 2.03 bits per heavy atom. The molecule has 35 heavy (non-hydrogen) atoms. The summed E-state index contributed by atoms with van der Waals surface area (Å²) in [5.41, 5.74) is 2.37. The van der Waals surface area contributed by atoms with Crippen LogP contribution in [0.5, 0.6) is 0 Å². The van der Waals surface area contributed by atoms with Gasteiger partial charge in [-0.25, -0.2) is 0 Å². The third-order valence-electron chi connectivity index (χ3n) is 7.92.